The van der Waals surface area contributed by atoms with Crippen LogP contribution >= 0.6 is 0 Å². The molecule has 1 aromatic carbocycles. The Hall–Kier alpha value is -1.55. The van der Waals surface area contributed by atoms with Crippen LogP contribution in [0.15, 0.2) is 27.4 Å². The van der Waals surface area contributed by atoms with Gasteiger partial charge >= 0.3 is 5.76 Å². The highest BCUT2D eigenvalue weighted by molar-refractivity contribution is 5.73. The molecule has 4 heteroatoms. The van der Waals surface area contributed by atoms with Crippen molar-refractivity contribution in [1.29, 1.82) is 0 Å². The monoisotopic (exact) mass is 234 g/mol. The number of benzene rings is 1. The van der Waals surface area contributed by atoms with Crippen LogP contribution in [-0.2, 0) is 13.5 Å². The largest absolute Gasteiger partial charge is 0.419 e. The Labute approximate surface area is 100 Å². The van der Waals surface area contributed by atoms with E-state index in [0.717, 1.165) is 18.4 Å². The molecule has 2 N–H and O–H groups in total. The summed E-state index contributed by atoms with van der Waals surface area (Å²) in [6, 6.07) is 5.93. The summed E-state index contributed by atoms with van der Waals surface area (Å²) in [6.07, 6.45) is 1.97. The Morgan fingerprint density at radius 2 is 2.24 bits per heavy atom. The third kappa shape index (κ3) is 2.42. The Kier molecular flexibility index (Phi) is 3.33. The molecule has 17 heavy (non-hydrogen) atoms. The number of hydrogen-bond donors (Lipinski definition) is 1. The first kappa shape index (κ1) is 11.9. The number of rotatable bonds is 4. The van der Waals surface area contributed by atoms with E-state index >= 15 is 0 Å². The third-order valence-electron chi connectivity index (χ3n) is 3.10. The van der Waals surface area contributed by atoms with Crippen LogP contribution in [0.2, 0.25) is 0 Å². The van der Waals surface area contributed by atoms with Crippen molar-refractivity contribution in [1.82, 2.24) is 4.57 Å². The molecule has 0 spiro atoms. The van der Waals surface area contributed by atoms with E-state index in [2.05, 4.69) is 6.92 Å². The number of aryl methyl sites for hydroxylation is 1. The Morgan fingerprint density at radius 3 is 2.94 bits per heavy atom. The molecule has 0 saturated carbocycles. The van der Waals surface area contributed by atoms with Gasteiger partial charge in [-0.3, -0.25) is 4.57 Å². The van der Waals surface area contributed by atoms with E-state index in [1.807, 2.05) is 18.2 Å². The molecular weight excluding hydrogens is 216 g/mol. The maximum absolute atomic E-state index is 11.4. The lowest BCUT2D eigenvalue weighted by molar-refractivity contribution is 0.525. The van der Waals surface area contributed by atoms with Crippen molar-refractivity contribution in [3.05, 3.63) is 34.3 Å². The zero-order valence-corrected chi connectivity index (χ0v) is 10.3. The second kappa shape index (κ2) is 4.75. The molecule has 0 fully saturated rings. The van der Waals surface area contributed by atoms with Crippen LogP contribution in [0, 0.1) is 5.92 Å². The first-order valence-corrected chi connectivity index (χ1v) is 5.90. The lowest BCUT2D eigenvalue weighted by Crippen LogP contribution is -2.08. The molecule has 0 saturated heterocycles. The zero-order chi connectivity index (χ0) is 12.4. The first-order chi connectivity index (χ1) is 8.11. The summed E-state index contributed by atoms with van der Waals surface area (Å²) >= 11 is 0. The summed E-state index contributed by atoms with van der Waals surface area (Å²) in [5, 5.41) is 0. The van der Waals surface area contributed by atoms with Crippen molar-refractivity contribution in [3.63, 3.8) is 0 Å². The van der Waals surface area contributed by atoms with Gasteiger partial charge in [-0.1, -0.05) is 13.0 Å². The van der Waals surface area contributed by atoms with E-state index in [1.54, 1.807) is 7.05 Å². The highest BCUT2D eigenvalue weighted by Crippen LogP contribution is 2.17. The smallest absolute Gasteiger partial charge is 0.408 e. The first-order valence-electron chi connectivity index (χ1n) is 5.90. The lowest BCUT2D eigenvalue weighted by atomic mass is 9.98. The molecule has 2 rings (SSSR count). The molecule has 0 radical (unpaired) electrons. The highest BCUT2D eigenvalue weighted by atomic mass is 16.4. The van der Waals surface area contributed by atoms with Crippen molar-refractivity contribution in [2.45, 2.75) is 19.8 Å². The minimum absolute atomic E-state index is 0.313. The van der Waals surface area contributed by atoms with Gasteiger partial charge in [0.05, 0.1) is 5.52 Å². The van der Waals surface area contributed by atoms with E-state index in [0.29, 0.717) is 18.0 Å². The van der Waals surface area contributed by atoms with E-state index in [1.165, 1.54) is 10.1 Å². The van der Waals surface area contributed by atoms with Gasteiger partial charge in [0, 0.05) is 7.05 Å². The minimum atomic E-state index is -0.313. The molecule has 92 valence electrons. The highest BCUT2D eigenvalue weighted by Gasteiger charge is 2.08. The van der Waals surface area contributed by atoms with Gasteiger partial charge in [0.2, 0.25) is 0 Å². The summed E-state index contributed by atoms with van der Waals surface area (Å²) < 4.78 is 6.68. The Bertz CT molecular complexity index is 568. The molecule has 0 amide bonds. The molecule has 0 aliphatic carbocycles. The quantitative estimate of drug-likeness (QED) is 0.875. The fraction of sp³-hybridized carbons (Fsp3) is 0.462. The predicted molar refractivity (Wildman–Crippen MR) is 68.0 cm³/mol. The second-order valence-corrected chi connectivity index (χ2v) is 4.62. The molecule has 0 bridgehead atoms. The SMILES string of the molecule is CC(CCN)Cc1ccc2c(c1)oc(=O)n2C. The standard InChI is InChI=1S/C13H18N2O2/c1-9(5-6-14)7-10-3-4-11-12(8-10)17-13(16)15(11)2/h3-4,8-9H,5-7,14H2,1-2H3. The van der Waals surface area contributed by atoms with Gasteiger partial charge in [0.15, 0.2) is 5.58 Å². The van der Waals surface area contributed by atoms with Crippen LogP contribution < -0.4 is 11.5 Å². The molecule has 0 aliphatic rings. The van der Waals surface area contributed by atoms with Gasteiger partial charge in [0.25, 0.3) is 0 Å². The number of aromatic nitrogens is 1. The summed E-state index contributed by atoms with van der Waals surface area (Å²) in [7, 11) is 1.71. The predicted octanol–water partition coefficient (Wildman–Crippen LogP) is 1.66. The molecular formula is C13H18N2O2. The number of nitrogens with two attached hydrogens (primary N) is 1. The van der Waals surface area contributed by atoms with Crippen LogP contribution in [0.4, 0.5) is 0 Å². The van der Waals surface area contributed by atoms with Crippen molar-refractivity contribution in [2.75, 3.05) is 6.54 Å². The molecule has 1 atom stereocenters. The minimum Gasteiger partial charge on any atom is -0.408 e. The Balaban J connectivity index is 2.29. The van der Waals surface area contributed by atoms with Crippen LogP contribution in [-0.4, -0.2) is 11.1 Å². The maximum Gasteiger partial charge on any atom is 0.419 e. The second-order valence-electron chi connectivity index (χ2n) is 4.62. The number of nitrogens with zero attached hydrogens (tertiary/aromatic N) is 1. The van der Waals surface area contributed by atoms with Crippen molar-refractivity contribution in [2.24, 2.45) is 18.7 Å². The summed E-state index contributed by atoms with van der Waals surface area (Å²) in [5.74, 6) is 0.236. The summed E-state index contributed by atoms with van der Waals surface area (Å²) in [5.41, 5.74) is 8.22. The van der Waals surface area contributed by atoms with Crippen LogP contribution in [0.1, 0.15) is 18.9 Å². The number of oxazole rings is 1. The number of hydrogen-bond acceptors (Lipinski definition) is 3. The van der Waals surface area contributed by atoms with E-state index < -0.39 is 0 Å². The van der Waals surface area contributed by atoms with Gasteiger partial charge in [-0.15, -0.1) is 0 Å². The molecule has 1 unspecified atom stereocenters. The van der Waals surface area contributed by atoms with Gasteiger partial charge in [0.1, 0.15) is 0 Å². The van der Waals surface area contributed by atoms with Gasteiger partial charge in [-0.05, 0) is 43.0 Å². The zero-order valence-electron chi connectivity index (χ0n) is 10.3. The average Bonchev–Trinajstić information content (AvgIpc) is 2.55. The summed E-state index contributed by atoms with van der Waals surface area (Å²) in [6.45, 7) is 2.89. The van der Waals surface area contributed by atoms with Gasteiger partial charge in [-0.2, -0.15) is 0 Å². The normalized spacial score (nSPS) is 13.1. The molecule has 2 aromatic rings. The fourth-order valence-electron chi connectivity index (χ4n) is 2.09. The molecule has 4 nitrogen and oxygen atoms in total. The molecule has 1 aromatic heterocycles. The van der Waals surface area contributed by atoms with E-state index in [4.69, 9.17) is 10.2 Å². The average molecular weight is 234 g/mol. The maximum atomic E-state index is 11.4. The fourth-order valence-corrected chi connectivity index (χ4v) is 2.09. The van der Waals surface area contributed by atoms with Gasteiger partial charge in [-0.25, -0.2) is 4.79 Å². The van der Waals surface area contributed by atoms with Crippen molar-refractivity contribution >= 4 is 11.1 Å². The van der Waals surface area contributed by atoms with Crippen LogP contribution in [0.5, 0.6) is 0 Å². The van der Waals surface area contributed by atoms with Crippen molar-refractivity contribution in [3.8, 4) is 0 Å². The summed E-state index contributed by atoms with van der Waals surface area (Å²) in [4.78, 5) is 11.4. The molecule has 0 aliphatic heterocycles. The van der Waals surface area contributed by atoms with Crippen LogP contribution in [0.3, 0.4) is 0 Å². The van der Waals surface area contributed by atoms with E-state index in [9.17, 15) is 4.79 Å². The number of fused-ring (bicyclic) bond motifs is 1. The van der Waals surface area contributed by atoms with E-state index in [-0.39, 0.29) is 5.76 Å². The Morgan fingerprint density at radius 1 is 1.47 bits per heavy atom. The topological polar surface area (TPSA) is 61.2 Å². The van der Waals surface area contributed by atoms with Gasteiger partial charge < -0.3 is 10.2 Å². The van der Waals surface area contributed by atoms with Crippen LogP contribution in [0.25, 0.3) is 11.1 Å². The molecule has 1 heterocycles. The lowest BCUT2D eigenvalue weighted by Gasteiger charge is -2.09. The third-order valence-corrected chi connectivity index (χ3v) is 3.10. The van der Waals surface area contributed by atoms with Crippen molar-refractivity contribution < 1.29 is 4.42 Å².